The van der Waals surface area contributed by atoms with Gasteiger partial charge in [0.15, 0.2) is 15.7 Å². The average molecular weight is 527 g/mol. The second kappa shape index (κ2) is 10.2. The summed E-state index contributed by atoms with van der Waals surface area (Å²) in [5.74, 6) is 0.453. The molecule has 0 unspecified atom stereocenters. The molecule has 2 aromatic carbocycles. The number of rotatable bonds is 5. The van der Waals surface area contributed by atoms with Crippen LogP contribution in [0.1, 0.15) is 23.2 Å². The van der Waals surface area contributed by atoms with E-state index in [9.17, 15) is 13.2 Å². The zero-order valence-corrected chi connectivity index (χ0v) is 21.6. The molecular formula is C25H27ClN6O3S. The SMILES string of the molecule is Cl.Cn1nccc1-c1nnc(N2CCC(NC(=O)c3ccccc3S(C)(=O)=O)CC2)c2ccccc12. The summed E-state index contributed by atoms with van der Waals surface area (Å²) in [4.78, 5) is 15.1. The van der Waals surface area contributed by atoms with Crippen LogP contribution < -0.4 is 10.2 Å². The van der Waals surface area contributed by atoms with Gasteiger partial charge in [-0.3, -0.25) is 9.48 Å². The maximum absolute atomic E-state index is 12.9. The maximum Gasteiger partial charge on any atom is 0.252 e. The lowest BCUT2D eigenvalue weighted by molar-refractivity contribution is 0.0927. The number of amides is 1. The van der Waals surface area contributed by atoms with Crippen LogP contribution in [0.2, 0.25) is 0 Å². The van der Waals surface area contributed by atoms with Crippen LogP contribution >= 0.6 is 12.4 Å². The summed E-state index contributed by atoms with van der Waals surface area (Å²) >= 11 is 0. The van der Waals surface area contributed by atoms with Gasteiger partial charge in [0.25, 0.3) is 5.91 Å². The van der Waals surface area contributed by atoms with Gasteiger partial charge < -0.3 is 10.2 Å². The summed E-state index contributed by atoms with van der Waals surface area (Å²) in [5, 5.41) is 18.4. The molecule has 9 nitrogen and oxygen atoms in total. The lowest BCUT2D eigenvalue weighted by atomic mass is 10.0. The van der Waals surface area contributed by atoms with Crippen molar-refractivity contribution in [3.05, 3.63) is 66.4 Å². The number of hydrogen-bond donors (Lipinski definition) is 1. The zero-order valence-electron chi connectivity index (χ0n) is 20.0. The van der Waals surface area contributed by atoms with Gasteiger partial charge in [-0.1, -0.05) is 36.4 Å². The molecule has 1 saturated heterocycles. The Morgan fingerprint density at radius 1 is 0.972 bits per heavy atom. The van der Waals surface area contributed by atoms with Crippen molar-refractivity contribution in [1.82, 2.24) is 25.3 Å². The number of nitrogens with zero attached hydrogens (tertiary/aromatic N) is 5. The van der Waals surface area contributed by atoms with E-state index < -0.39 is 9.84 Å². The van der Waals surface area contributed by atoms with Crippen molar-refractivity contribution in [2.45, 2.75) is 23.8 Å². The number of aryl methyl sites for hydroxylation is 1. The summed E-state index contributed by atoms with van der Waals surface area (Å²) in [6.07, 6.45) is 4.29. The molecule has 0 saturated carbocycles. The van der Waals surface area contributed by atoms with E-state index in [1.165, 1.54) is 6.07 Å². The van der Waals surface area contributed by atoms with Gasteiger partial charge in [-0.15, -0.1) is 22.6 Å². The van der Waals surface area contributed by atoms with Gasteiger partial charge in [-0.05, 0) is 31.0 Å². The van der Waals surface area contributed by atoms with Crippen LogP contribution in [-0.4, -0.2) is 59.7 Å². The van der Waals surface area contributed by atoms with Gasteiger partial charge in [0.2, 0.25) is 0 Å². The minimum absolute atomic E-state index is 0. The van der Waals surface area contributed by atoms with Crippen molar-refractivity contribution in [1.29, 1.82) is 0 Å². The van der Waals surface area contributed by atoms with Gasteiger partial charge in [-0.2, -0.15) is 5.10 Å². The fourth-order valence-electron chi connectivity index (χ4n) is 4.60. The minimum atomic E-state index is -3.50. The van der Waals surface area contributed by atoms with Gasteiger partial charge in [0, 0.05) is 49.4 Å². The van der Waals surface area contributed by atoms with Crippen molar-refractivity contribution >= 4 is 44.7 Å². The van der Waals surface area contributed by atoms with Crippen molar-refractivity contribution < 1.29 is 13.2 Å². The molecule has 3 heterocycles. The van der Waals surface area contributed by atoms with Gasteiger partial charge in [0.1, 0.15) is 5.69 Å². The van der Waals surface area contributed by atoms with E-state index in [-0.39, 0.29) is 34.8 Å². The first-order valence-corrected chi connectivity index (χ1v) is 13.3. The lowest BCUT2D eigenvalue weighted by Crippen LogP contribution is -2.45. The van der Waals surface area contributed by atoms with E-state index in [0.29, 0.717) is 25.9 Å². The van der Waals surface area contributed by atoms with E-state index in [1.807, 2.05) is 31.3 Å². The molecule has 0 aliphatic carbocycles. The number of hydrogen-bond acceptors (Lipinski definition) is 7. The molecule has 0 atom stereocenters. The molecule has 1 N–H and O–H groups in total. The number of nitrogens with one attached hydrogen (secondary N) is 1. The summed E-state index contributed by atoms with van der Waals surface area (Å²) in [6, 6.07) is 16.2. The molecule has 1 aliphatic rings. The van der Waals surface area contributed by atoms with Crippen LogP contribution in [0.4, 0.5) is 5.82 Å². The van der Waals surface area contributed by atoms with Gasteiger partial charge in [-0.25, -0.2) is 8.42 Å². The number of piperidine rings is 1. The van der Waals surface area contributed by atoms with Crippen LogP contribution in [0.15, 0.2) is 65.7 Å². The molecule has 1 amide bonds. The van der Waals surface area contributed by atoms with Crippen molar-refractivity contribution in [3.63, 3.8) is 0 Å². The highest BCUT2D eigenvalue weighted by atomic mass is 35.5. The molecule has 0 spiro atoms. The predicted octanol–water partition coefficient (Wildman–Crippen LogP) is 3.25. The Hall–Kier alpha value is -3.50. The Kier molecular flexibility index (Phi) is 7.28. The Bertz CT molecular complexity index is 1510. The number of benzene rings is 2. The normalized spacial score (nSPS) is 14.4. The first-order chi connectivity index (χ1) is 16.8. The molecule has 11 heteroatoms. The third kappa shape index (κ3) is 4.91. The smallest absolute Gasteiger partial charge is 0.252 e. The predicted molar refractivity (Wildman–Crippen MR) is 141 cm³/mol. The molecule has 36 heavy (non-hydrogen) atoms. The van der Waals surface area contributed by atoms with Crippen molar-refractivity contribution in [2.75, 3.05) is 24.2 Å². The summed E-state index contributed by atoms with van der Waals surface area (Å²) < 4.78 is 25.9. The molecule has 4 aromatic rings. The largest absolute Gasteiger partial charge is 0.354 e. The standard InChI is InChI=1S/C25H26N6O3S.ClH/c1-30-21(11-14-26-30)23-18-7-3-4-8-19(18)24(29-28-23)31-15-12-17(13-16-31)27-25(32)20-9-5-6-10-22(20)35(2,33)34;/h3-11,14,17H,12-13,15-16H2,1-2H3,(H,27,32);1H. The minimum Gasteiger partial charge on any atom is -0.354 e. The molecule has 0 radical (unpaired) electrons. The van der Waals surface area contributed by atoms with Crippen LogP contribution in [0.3, 0.4) is 0 Å². The van der Waals surface area contributed by atoms with Gasteiger partial charge in [0.05, 0.1) is 16.2 Å². The fraction of sp³-hybridized carbons (Fsp3) is 0.280. The number of carbonyl (C=O) groups is 1. The van der Waals surface area contributed by atoms with Crippen molar-refractivity contribution in [3.8, 4) is 11.4 Å². The van der Waals surface area contributed by atoms with Crippen molar-refractivity contribution in [2.24, 2.45) is 7.05 Å². The molecule has 2 aromatic heterocycles. The third-order valence-corrected chi connectivity index (χ3v) is 7.55. The Labute approximate surface area is 215 Å². The maximum atomic E-state index is 12.9. The third-order valence-electron chi connectivity index (χ3n) is 6.39. The number of aromatic nitrogens is 4. The lowest BCUT2D eigenvalue weighted by Gasteiger charge is -2.33. The van der Waals surface area contributed by atoms with Crippen LogP contribution in [0.5, 0.6) is 0 Å². The Balaban J connectivity index is 0.00000304. The van der Waals surface area contributed by atoms with E-state index in [0.717, 1.165) is 34.2 Å². The first-order valence-electron chi connectivity index (χ1n) is 11.4. The zero-order chi connectivity index (χ0) is 24.6. The molecule has 1 aliphatic heterocycles. The van der Waals surface area contributed by atoms with E-state index >= 15 is 0 Å². The molecule has 5 rings (SSSR count). The molecule has 0 bridgehead atoms. The van der Waals surface area contributed by atoms with Gasteiger partial charge >= 0.3 is 0 Å². The number of anilines is 1. The quantitative estimate of drug-likeness (QED) is 0.425. The Morgan fingerprint density at radius 2 is 1.64 bits per heavy atom. The number of carbonyl (C=O) groups excluding carboxylic acids is 1. The number of fused-ring (bicyclic) bond motifs is 1. The number of sulfone groups is 1. The summed E-state index contributed by atoms with van der Waals surface area (Å²) in [5.41, 5.74) is 1.87. The molecule has 188 valence electrons. The highest BCUT2D eigenvalue weighted by Gasteiger charge is 2.26. The van der Waals surface area contributed by atoms with Crippen LogP contribution in [0.25, 0.3) is 22.2 Å². The monoisotopic (exact) mass is 526 g/mol. The van der Waals surface area contributed by atoms with Crippen LogP contribution in [-0.2, 0) is 16.9 Å². The number of halogens is 1. The second-order valence-electron chi connectivity index (χ2n) is 8.76. The second-order valence-corrected chi connectivity index (χ2v) is 10.7. The van der Waals surface area contributed by atoms with E-state index in [2.05, 4.69) is 31.6 Å². The fourth-order valence-corrected chi connectivity index (χ4v) is 5.48. The van der Waals surface area contributed by atoms with Crippen LogP contribution in [0, 0.1) is 0 Å². The topological polar surface area (TPSA) is 110 Å². The summed E-state index contributed by atoms with van der Waals surface area (Å²) in [7, 11) is -1.62. The molecular weight excluding hydrogens is 500 g/mol. The van der Waals surface area contributed by atoms with E-state index in [1.54, 1.807) is 29.1 Å². The average Bonchev–Trinajstić information content (AvgIpc) is 3.29. The highest BCUT2D eigenvalue weighted by Crippen LogP contribution is 2.32. The molecule has 1 fully saturated rings. The first kappa shape index (κ1) is 25.6. The van der Waals surface area contributed by atoms with E-state index in [4.69, 9.17) is 0 Å². The summed E-state index contributed by atoms with van der Waals surface area (Å²) in [6.45, 7) is 1.39. The highest BCUT2D eigenvalue weighted by molar-refractivity contribution is 7.90. The Morgan fingerprint density at radius 3 is 2.31 bits per heavy atom.